The Bertz CT molecular complexity index is 668. The van der Waals surface area contributed by atoms with Crippen LogP contribution < -0.4 is 0 Å². The van der Waals surface area contributed by atoms with Crippen LogP contribution in [0.2, 0.25) is 0 Å². The van der Waals surface area contributed by atoms with Crippen LogP contribution in [0.5, 0.6) is 0 Å². The number of carboxylic acids is 1. The molecule has 1 saturated carbocycles. The third kappa shape index (κ3) is 3.38. The second-order valence-corrected chi connectivity index (χ2v) is 5.92. The highest BCUT2D eigenvalue weighted by atomic mass is 32.2. The molecule has 1 fully saturated rings. The van der Waals surface area contributed by atoms with Gasteiger partial charge in [-0.3, -0.25) is 9.36 Å². The van der Waals surface area contributed by atoms with E-state index in [1.807, 2.05) is 17.6 Å². The van der Waals surface area contributed by atoms with E-state index < -0.39 is 5.97 Å². The van der Waals surface area contributed by atoms with Gasteiger partial charge in [0, 0.05) is 12.1 Å². The number of hydrogen-bond acceptors (Lipinski definition) is 6. The first-order valence-corrected chi connectivity index (χ1v) is 7.68. The summed E-state index contributed by atoms with van der Waals surface area (Å²) in [6.45, 7) is 2.39. The molecule has 0 amide bonds. The van der Waals surface area contributed by atoms with E-state index in [2.05, 4.69) is 20.2 Å². The Kier molecular flexibility index (Phi) is 3.87. The van der Waals surface area contributed by atoms with Crippen molar-refractivity contribution in [1.29, 1.82) is 0 Å². The number of aliphatic carboxylic acids is 1. The van der Waals surface area contributed by atoms with Crippen molar-refractivity contribution in [2.45, 2.75) is 37.4 Å². The summed E-state index contributed by atoms with van der Waals surface area (Å²) in [5, 5.41) is 17.8. The first-order valence-electron chi connectivity index (χ1n) is 6.69. The molecule has 2 aromatic heterocycles. The fourth-order valence-electron chi connectivity index (χ4n) is 2.08. The molecule has 0 bridgehead atoms. The van der Waals surface area contributed by atoms with Crippen LogP contribution in [0.15, 0.2) is 17.4 Å². The highest BCUT2D eigenvalue weighted by Gasteiger charge is 2.30. The van der Waals surface area contributed by atoms with Crippen LogP contribution >= 0.6 is 11.8 Å². The topological polar surface area (TPSA) is 93.8 Å². The maximum atomic E-state index is 10.7. The zero-order valence-electron chi connectivity index (χ0n) is 11.6. The third-order valence-corrected chi connectivity index (χ3v) is 4.12. The third-order valence-electron chi connectivity index (χ3n) is 3.17. The lowest BCUT2D eigenvalue weighted by Gasteiger charge is -2.09. The fraction of sp³-hybridized carbons (Fsp3) is 0.462. The van der Waals surface area contributed by atoms with Gasteiger partial charge in [0.15, 0.2) is 5.16 Å². The van der Waals surface area contributed by atoms with Crippen molar-refractivity contribution in [1.82, 2.24) is 24.7 Å². The number of carbonyl (C=O) groups is 1. The fourth-order valence-corrected chi connectivity index (χ4v) is 2.75. The zero-order chi connectivity index (χ0) is 14.8. The standard InChI is InChI=1S/C13H15N5O2S/c1-8-14-5-4-10(15-8)6-18-12(9-2-3-9)16-17-13(18)21-7-11(19)20/h4-5,9H,2-3,6-7H2,1H3,(H,19,20). The second kappa shape index (κ2) is 5.80. The molecule has 8 heteroatoms. The number of aromatic nitrogens is 5. The minimum absolute atomic E-state index is 0.0222. The zero-order valence-corrected chi connectivity index (χ0v) is 12.4. The molecule has 3 rings (SSSR count). The van der Waals surface area contributed by atoms with Crippen LogP contribution in [0.25, 0.3) is 0 Å². The lowest BCUT2D eigenvalue weighted by atomic mass is 10.3. The summed E-state index contributed by atoms with van der Waals surface area (Å²) in [6, 6.07) is 1.86. The SMILES string of the molecule is Cc1nccc(Cn2c(SCC(=O)O)nnc2C2CC2)n1. The number of carboxylic acid groups (broad SMARTS) is 1. The molecule has 0 unspecified atom stereocenters. The number of nitrogens with zero attached hydrogens (tertiary/aromatic N) is 5. The Hall–Kier alpha value is -1.96. The molecule has 2 heterocycles. The highest BCUT2D eigenvalue weighted by molar-refractivity contribution is 7.99. The van der Waals surface area contributed by atoms with Crippen LogP contribution in [-0.2, 0) is 11.3 Å². The molecule has 0 radical (unpaired) electrons. The molecule has 1 aliphatic carbocycles. The summed E-state index contributed by atoms with van der Waals surface area (Å²) in [6.07, 6.45) is 3.96. The van der Waals surface area contributed by atoms with Crippen molar-refractivity contribution in [2.24, 2.45) is 0 Å². The van der Waals surface area contributed by atoms with Gasteiger partial charge < -0.3 is 5.11 Å². The Balaban J connectivity index is 1.86. The molecule has 110 valence electrons. The Morgan fingerprint density at radius 1 is 1.48 bits per heavy atom. The lowest BCUT2D eigenvalue weighted by molar-refractivity contribution is -0.133. The molecule has 2 aromatic rings. The van der Waals surface area contributed by atoms with Gasteiger partial charge in [-0.25, -0.2) is 9.97 Å². The van der Waals surface area contributed by atoms with Crippen molar-refractivity contribution in [3.05, 3.63) is 29.6 Å². The van der Waals surface area contributed by atoms with Crippen LogP contribution in [0.4, 0.5) is 0 Å². The minimum Gasteiger partial charge on any atom is -0.481 e. The first kappa shape index (κ1) is 14.0. The van der Waals surface area contributed by atoms with Crippen molar-refractivity contribution in [3.63, 3.8) is 0 Å². The van der Waals surface area contributed by atoms with E-state index in [4.69, 9.17) is 5.11 Å². The molecule has 0 saturated heterocycles. The minimum atomic E-state index is -0.861. The maximum absolute atomic E-state index is 10.7. The molecular weight excluding hydrogens is 290 g/mol. The van der Waals surface area contributed by atoms with Gasteiger partial charge in [-0.2, -0.15) is 0 Å². The van der Waals surface area contributed by atoms with Crippen molar-refractivity contribution >= 4 is 17.7 Å². The quantitative estimate of drug-likeness (QED) is 0.808. The molecule has 0 spiro atoms. The average Bonchev–Trinajstić information content (AvgIpc) is 3.20. The van der Waals surface area contributed by atoms with Crippen LogP contribution in [0.3, 0.4) is 0 Å². The summed E-state index contributed by atoms with van der Waals surface area (Å²) in [4.78, 5) is 19.2. The molecular formula is C13H15N5O2S. The largest absolute Gasteiger partial charge is 0.481 e. The first-order chi connectivity index (χ1) is 10.1. The van der Waals surface area contributed by atoms with E-state index in [1.165, 1.54) is 11.8 Å². The van der Waals surface area contributed by atoms with Crippen LogP contribution in [0, 0.1) is 6.92 Å². The molecule has 0 atom stereocenters. The summed E-state index contributed by atoms with van der Waals surface area (Å²) in [5.74, 6) is 1.21. The van der Waals surface area contributed by atoms with Gasteiger partial charge in [0.25, 0.3) is 0 Å². The van der Waals surface area contributed by atoms with E-state index >= 15 is 0 Å². The molecule has 1 N–H and O–H groups in total. The van der Waals surface area contributed by atoms with Gasteiger partial charge in [-0.05, 0) is 25.8 Å². The Morgan fingerprint density at radius 2 is 2.29 bits per heavy atom. The van der Waals surface area contributed by atoms with Crippen LogP contribution in [-0.4, -0.2) is 41.6 Å². The van der Waals surface area contributed by atoms with E-state index in [1.54, 1.807) is 6.20 Å². The number of aryl methyl sites for hydroxylation is 1. The molecule has 1 aliphatic rings. The number of thioether (sulfide) groups is 1. The van der Waals surface area contributed by atoms with Gasteiger partial charge in [0.05, 0.1) is 18.0 Å². The highest BCUT2D eigenvalue weighted by Crippen LogP contribution is 2.40. The van der Waals surface area contributed by atoms with Crippen molar-refractivity contribution in [2.75, 3.05) is 5.75 Å². The Morgan fingerprint density at radius 3 is 2.95 bits per heavy atom. The Labute approximate surface area is 125 Å². The normalized spacial score (nSPS) is 14.3. The van der Waals surface area contributed by atoms with Gasteiger partial charge >= 0.3 is 5.97 Å². The summed E-state index contributed by atoms with van der Waals surface area (Å²) >= 11 is 1.19. The lowest BCUT2D eigenvalue weighted by Crippen LogP contribution is -2.09. The van der Waals surface area contributed by atoms with Gasteiger partial charge in [0.2, 0.25) is 0 Å². The van der Waals surface area contributed by atoms with Crippen molar-refractivity contribution in [3.8, 4) is 0 Å². The molecule has 7 nitrogen and oxygen atoms in total. The predicted octanol–water partition coefficient (Wildman–Crippen LogP) is 1.48. The maximum Gasteiger partial charge on any atom is 0.313 e. The van der Waals surface area contributed by atoms with E-state index in [0.717, 1.165) is 24.4 Å². The molecule has 0 aromatic carbocycles. The molecule has 0 aliphatic heterocycles. The number of hydrogen-bond donors (Lipinski definition) is 1. The van der Waals surface area contributed by atoms with Crippen LogP contribution in [0.1, 0.15) is 36.1 Å². The van der Waals surface area contributed by atoms with E-state index in [0.29, 0.717) is 23.4 Å². The summed E-state index contributed by atoms with van der Waals surface area (Å²) in [7, 11) is 0. The second-order valence-electron chi connectivity index (χ2n) is 4.98. The van der Waals surface area contributed by atoms with Gasteiger partial charge in [-0.1, -0.05) is 11.8 Å². The predicted molar refractivity (Wildman–Crippen MR) is 76.2 cm³/mol. The van der Waals surface area contributed by atoms with E-state index in [-0.39, 0.29) is 5.75 Å². The smallest absolute Gasteiger partial charge is 0.313 e. The van der Waals surface area contributed by atoms with Crippen molar-refractivity contribution < 1.29 is 9.90 Å². The average molecular weight is 305 g/mol. The van der Waals surface area contributed by atoms with Gasteiger partial charge in [0.1, 0.15) is 11.6 Å². The summed E-state index contributed by atoms with van der Waals surface area (Å²) in [5.41, 5.74) is 0.876. The molecule has 21 heavy (non-hydrogen) atoms. The van der Waals surface area contributed by atoms with E-state index in [9.17, 15) is 4.79 Å². The van der Waals surface area contributed by atoms with Gasteiger partial charge in [-0.15, -0.1) is 10.2 Å². The number of rotatable bonds is 6. The monoisotopic (exact) mass is 305 g/mol. The summed E-state index contributed by atoms with van der Waals surface area (Å²) < 4.78 is 1.98.